The third-order valence-electron chi connectivity index (χ3n) is 6.00. The Balaban J connectivity index is 1.45. The number of anilines is 1. The number of aliphatic carboxylic acids is 1. The molecule has 0 saturated heterocycles. The van der Waals surface area contributed by atoms with Crippen LogP contribution >= 0.6 is 11.6 Å². The van der Waals surface area contributed by atoms with E-state index in [0.717, 1.165) is 23.3 Å². The highest BCUT2D eigenvalue weighted by atomic mass is 35.5. The first-order chi connectivity index (χ1) is 18.4. The molecule has 0 amide bonds. The van der Waals surface area contributed by atoms with Crippen molar-refractivity contribution in [3.05, 3.63) is 77.3 Å². The van der Waals surface area contributed by atoms with Gasteiger partial charge in [0.15, 0.2) is 11.7 Å². The number of nitrogens with zero attached hydrogens (tertiary/aromatic N) is 2. The predicted molar refractivity (Wildman–Crippen MR) is 147 cm³/mol. The zero-order valence-corrected chi connectivity index (χ0v) is 22.2. The highest BCUT2D eigenvalue weighted by Crippen LogP contribution is 2.26. The van der Waals surface area contributed by atoms with E-state index in [1.165, 1.54) is 0 Å². The first kappa shape index (κ1) is 27.1. The van der Waals surface area contributed by atoms with E-state index in [9.17, 15) is 9.90 Å². The molecule has 0 radical (unpaired) electrons. The fourth-order valence-corrected chi connectivity index (χ4v) is 4.07. The van der Waals surface area contributed by atoms with E-state index in [1.54, 1.807) is 32.2 Å². The summed E-state index contributed by atoms with van der Waals surface area (Å²) in [5.41, 5.74) is 2.41. The van der Waals surface area contributed by atoms with Crippen molar-refractivity contribution in [1.82, 2.24) is 4.98 Å². The van der Waals surface area contributed by atoms with Gasteiger partial charge in [0, 0.05) is 24.2 Å². The van der Waals surface area contributed by atoms with Gasteiger partial charge in [-0.25, -0.2) is 4.79 Å². The molecule has 1 atom stereocenters. The molecule has 0 aliphatic rings. The lowest BCUT2D eigenvalue weighted by atomic mass is 10.1. The fraction of sp³-hybridized carbons (Fsp3) is 0.310. The molecular weight excluding hydrogens is 508 g/mol. The van der Waals surface area contributed by atoms with Crippen molar-refractivity contribution in [3.8, 4) is 17.2 Å². The summed E-state index contributed by atoms with van der Waals surface area (Å²) in [7, 11) is 1.62. The van der Waals surface area contributed by atoms with E-state index in [0.29, 0.717) is 60.7 Å². The average Bonchev–Trinajstić information content (AvgIpc) is 3.35. The maximum Gasteiger partial charge on any atom is 0.344 e. The molecule has 8 nitrogen and oxygen atoms in total. The number of benzene rings is 3. The van der Waals surface area contributed by atoms with Crippen molar-refractivity contribution in [2.45, 2.75) is 32.3 Å². The number of carboxylic acids is 1. The van der Waals surface area contributed by atoms with Crippen LogP contribution in [0.15, 0.2) is 71.1 Å². The van der Waals surface area contributed by atoms with Gasteiger partial charge in [-0.1, -0.05) is 30.7 Å². The lowest BCUT2D eigenvalue weighted by Crippen LogP contribution is -2.28. The van der Waals surface area contributed by atoms with Gasteiger partial charge in [-0.3, -0.25) is 0 Å². The molecule has 1 unspecified atom stereocenters. The Morgan fingerprint density at radius 2 is 1.84 bits per heavy atom. The van der Waals surface area contributed by atoms with Crippen LogP contribution in [-0.2, 0) is 11.2 Å². The molecule has 1 N–H and O–H groups in total. The zero-order valence-electron chi connectivity index (χ0n) is 21.4. The van der Waals surface area contributed by atoms with Crippen molar-refractivity contribution in [2.24, 2.45) is 0 Å². The molecule has 0 fully saturated rings. The van der Waals surface area contributed by atoms with Crippen molar-refractivity contribution in [1.29, 1.82) is 0 Å². The van der Waals surface area contributed by atoms with Crippen LogP contribution in [0.4, 0.5) is 6.01 Å². The molecule has 38 heavy (non-hydrogen) atoms. The molecule has 0 spiro atoms. The van der Waals surface area contributed by atoms with Gasteiger partial charge in [-0.2, -0.15) is 4.98 Å². The first-order valence-electron chi connectivity index (χ1n) is 12.5. The van der Waals surface area contributed by atoms with E-state index < -0.39 is 12.1 Å². The fourth-order valence-electron chi connectivity index (χ4n) is 3.95. The molecule has 1 heterocycles. The largest absolute Gasteiger partial charge is 0.497 e. The number of hydrogen-bond donors (Lipinski definition) is 1. The lowest BCUT2D eigenvalue weighted by Gasteiger charge is -2.21. The second-order valence-corrected chi connectivity index (χ2v) is 9.16. The Morgan fingerprint density at radius 1 is 1.05 bits per heavy atom. The molecule has 9 heteroatoms. The molecule has 0 saturated carbocycles. The summed E-state index contributed by atoms with van der Waals surface area (Å²) in [5, 5.41) is 9.98. The number of oxazole rings is 1. The Labute approximate surface area is 226 Å². The maximum atomic E-state index is 11.4. The SMILES string of the molecule is CCC(Oc1cccc(CCN(CCCOc2ccc(Cl)cc2)c2nc3cc(OC)ccc3o2)c1)C(=O)O. The molecule has 200 valence electrons. The van der Waals surface area contributed by atoms with Gasteiger partial charge in [0.25, 0.3) is 6.01 Å². The number of methoxy groups -OCH3 is 1. The van der Waals surface area contributed by atoms with Gasteiger partial charge in [0.1, 0.15) is 22.8 Å². The summed E-state index contributed by atoms with van der Waals surface area (Å²) in [4.78, 5) is 18.1. The number of fused-ring (bicyclic) bond motifs is 1. The number of hydrogen-bond acceptors (Lipinski definition) is 7. The second-order valence-electron chi connectivity index (χ2n) is 8.72. The molecule has 4 aromatic rings. The van der Waals surface area contributed by atoms with Gasteiger partial charge < -0.3 is 28.6 Å². The van der Waals surface area contributed by atoms with Crippen LogP contribution in [0.1, 0.15) is 25.3 Å². The van der Waals surface area contributed by atoms with Crippen LogP contribution < -0.4 is 19.1 Å². The summed E-state index contributed by atoms with van der Waals surface area (Å²) in [6.45, 7) is 3.59. The summed E-state index contributed by atoms with van der Waals surface area (Å²) in [6, 6.07) is 20.9. The van der Waals surface area contributed by atoms with Gasteiger partial charge in [0.2, 0.25) is 0 Å². The number of aromatic nitrogens is 1. The minimum Gasteiger partial charge on any atom is -0.497 e. The second kappa shape index (κ2) is 13.1. The molecule has 0 aliphatic heterocycles. The summed E-state index contributed by atoms with van der Waals surface area (Å²) in [5.74, 6) is 1.04. The third-order valence-corrected chi connectivity index (χ3v) is 6.25. The van der Waals surface area contributed by atoms with Crippen molar-refractivity contribution >= 4 is 34.7 Å². The minimum absolute atomic E-state index is 0.383. The number of ether oxygens (including phenoxy) is 3. The predicted octanol–water partition coefficient (Wildman–Crippen LogP) is 6.25. The molecular formula is C29H31ClN2O6. The van der Waals surface area contributed by atoms with Crippen LogP contribution in [0, 0.1) is 0 Å². The molecule has 1 aromatic heterocycles. The Bertz CT molecular complexity index is 1340. The lowest BCUT2D eigenvalue weighted by molar-refractivity contribution is -0.145. The quantitative estimate of drug-likeness (QED) is 0.188. The van der Waals surface area contributed by atoms with E-state index in [4.69, 9.17) is 35.2 Å². The van der Waals surface area contributed by atoms with E-state index >= 15 is 0 Å². The van der Waals surface area contributed by atoms with Crippen molar-refractivity contribution in [3.63, 3.8) is 0 Å². The summed E-state index contributed by atoms with van der Waals surface area (Å²) >= 11 is 5.95. The highest BCUT2D eigenvalue weighted by molar-refractivity contribution is 6.30. The van der Waals surface area contributed by atoms with Crippen molar-refractivity contribution in [2.75, 3.05) is 31.7 Å². The van der Waals surface area contributed by atoms with Crippen LogP contribution in [0.5, 0.6) is 17.2 Å². The normalized spacial score (nSPS) is 11.8. The van der Waals surface area contributed by atoms with Crippen LogP contribution in [-0.4, -0.2) is 49.0 Å². The monoisotopic (exact) mass is 538 g/mol. The van der Waals surface area contributed by atoms with Gasteiger partial charge in [-0.15, -0.1) is 0 Å². The standard InChI is InChI=1S/C29H31ClN2O6/c1-3-26(28(33)34)37-24-7-4-6-20(18-24)14-16-32(15-5-17-36-22-10-8-21(30)9-11-22)29-31-25-19-23(35-2)12-13-27(25)38-29/h4,6-13,18-19,26H,3,5,14-17H2,1-2H3,(H,33,34). The zero-order chi connectivity index (χ0) is 26.9. The van der Waals surface area contributed by atoms with Gasteiger partial charge >= 0.3 is 5.97 Å². The van der Waals surface area contributed by atoms with E-state index in [1.807, 2.05) is 48.5 Å². The molecule has 0 bridgehead atoms. The average molecular weight is 539 g/mol. The van der Waals surface area contributed by atoms with Gasteiger partial charge in [0.05, 0.1) is 13.7 Å². The Kier molecular flexibility index (Phi) is 9.32. The van der Waals surface area contributed by atoms with Crippen LogP contribution in [0.25, 0.3) is 11.1 Å². The first-order valence-corrected chi connectivity index (χ1v) is 12.9. The highest BCUT2D eigenvalue weighted by Gasteiger charge is 2.18. The topological polar surface area (TPSA) is 94.3 Å². The van der Waals surface area contributed by atoms with Crippen LogP contribution in [0.3, 0.4) is 0 Å². The van der Waals surface area contributed by atoms with Crippen LogP contribution in [0.2, 0.25) is 5.02 Å². The number of halogens is 1. The maximum absolute atomic E-state index is 11.4. The summed E-state index contributed by atoms with van der Waals surface area (Å²) in [6.07, 6.45) is 0.929. The number of carbonyl (C=O) groups is 1. The van der Waals surface area contributed by atoms with E-state index in [2.05, 4.69) is 4.90 Å². The summed E-state index contributed by atoms with van der Waals surface area (Å²) < 4.78 is 22.9. The van der Waals surface area contributed by atoms with E-state index in [-0.39, 0.29) is 0 Å². The molecule has 0 aliphatic carbocycles. The number of carboxylic acid groups (broad SMARTS) is 1. The molecule has 4 rings (SSSR count). The van der Waals surface area contributed by atoms with Gasteiger partial charge in [-0.05, 0) is 73.4 Å². The molecule has 3 aromatic carbocycles. The Morgan fingerprint density at radius 3 is 2.58 bits per heavy atom. The van der Waals surface area contributed by atoms with Crippen molar-refractivity contribution < 1.29 is 28.5 Å². The third kappa shape index (κ3) is 7.32. The minimum atomic E-state index is -0.975. The number of rotatable bonds is 14. The smallest absolute Gasteiger partial charge is 0.344 e. The Hall–Kier alpha value is -3.91.